The van der Waals surface area contributed by atoms with Crippen molar-refractivity contribution in [2.75, 3.05) is 7.11 Å². The number of rotatable bonds is 4. The van der Waals surface area contributed by atoms with Crippen molar-refractivity contribution in [3.8, 4) is 11.5 Å². The molecule has 0 saturated heterocycles. The maximum atomic E-state index is 13.2. The highest BCUT2D eigenvalue weighted by atomic mass is 32.2. The van der Waals surface area contributed by atoms with Gasteiger partial charge in [-0.25, -0.2) is 13.1 Å². The number of methoxy groups -OCH3 is 1. The van der Waals surface area contributed by atoms with E-state index in [4.69, 9.17) is 9.47 Å². The first kappa shape index (κ1) is 19.7. The van der Waals surface area contributed by atoms with Crippen molar-refractivity contribution in [3.63, 3.8) is 0 Å². The lowest BCUT2D eigenvalue weighted by Crippen LogP contribution is -2.41. The van der Waals surface area contributed by atoms with E-state index in [1.54, 1.807) is 25.3 Å². The van der Waals surface area contributed by atoms with Gasteiger partial charge in [-0.2, -0.15) is 0 Å². The van der Waals surface area contributed by atoms with E-state index in [1.165, 1.54) is 0 Å². The lowest BCUT2D eigenvalue weighted by Gasteiger charge is -2.38. The SMILES string of the molecule is COc1ccc2cc(S(=O)(=O)N[C@H]3CC(C)(C)Oc4cc(C)ccc43)ccc2c1. The van der Waals surface area contributed by atoms with Crippen LogP contribution in [0.2, 0.25) is 0 Å². The van der Waals surface area contributed by atoms with Crippen molar-refractivity contribution in [1.29, 1.82) is 0 Å². The standard InChI is InChI=1S/C23H25NO4S/c1-15-5-10-20-21(14-23(2,3)28-22(20)11-15)24-29(25,26)19-9-7-16-12-18(27-4)8-6-17(16)13-19/h5-13,21,24H,14H2,1-4H3/t21-/m0/s1. The summed E-state index contributed by atoms with van der Waals surface area (Å²) in [6, 6.07) is 16.2. The highest BCUT2D eigenvalue weighted by Crippen LogP contribution is 2.40. The molecule has 0 spiro atoms. The molecule has 1 aliphatic heterocycles. The van der Waals surface area contributed by atoms with Gasteiger partial charge in [-0.1, -0.05) is 24.3 Å². The average molecular weight is 412 g/mol. The summed E-state index contributed by atoms with van der Waals surface area (Å²) in [5.41, 5.74) is 1.48. The van der Waals surface area contributed by atoms with Gasteiger partial charge >= 0.3 is 0 Å². The van der Waals surface area contributed by atoms with E-state index in [1.807, 2.05) is 57.2 Å². The van der Waals surface area contributed by atoms with Crippen LogP contribution in [-0.2, 0) is 10.0 Å². The lowest BCUT2D eigenvalue weighted by atomic mass is 9.90. The summed E-state index contributed by atoms with van der Waals surface area (Å²) in [5, 5.41) is 1.77. The molecule has 0 saturated carbocycles. The van der Waals surface area contributed by atoms with Gasteiger partial charge < -0.3 is 9.47 Å². The third-order valence-corrected chi connectivity index (χ3v) is 6.72. The zero-order valence-electron chi connectivity index (χ0n) is 17.0. The fourth-order valence-electron chi connectivity index (χ4n) is 3.82. The van der Waals surface area contributed by atoms with Crippen molar-refractivity contribution >= 4 is 20.8 Å². The number of fused-ring (bicyclic) bond motifs is 2. The fourth-order valence-corrected chi connectivity index (χ4v) is 5.07. The summed E-state index contributed by atoms with van der Waals surface area (Å²) < 4.78 is 40.6. The second kappa shape index (κ2) is 7.04. The van der Waals surface area contributed by atoms with Crippen LogP contribution in [0.5, 0.6) is 11.5 Å². The number of hydrogen-bond acceptors (Lipinski definition) is 4. The third-order valence-electron chi connectivity index (χ3n) is 5.25. The summed E-state index contributed by atoms with van der Waals surface area (Å²) in [7, 11) is -2.10. The van der Waals surface area contributed by atoms with Gasteiger partial charge in [0.15, 0.2) is 0 Å². The van der Waals surface area contributed by atoms with E-state index in [9.17, 15) is 8.42 Å². The minimum Gasteiger partial charge on any atom is -0.497 e. The van der Waals surface area contributed by atoms with E-state index in [2.05, 4.69) is 4.72 Å². The van der Waals surface area contributed by atoms with E-state index >= 15 is 0 Å². The third kappa shape index (κ3) is 3.95. The second-order valence-electron chi connectivity index (χ2n) is 8.16. The zero-order chi connectivity index (χ0) is 20.8. The fraction of sp³-hybridized carbons (Fsp3) is 0.304. The van der Waals surface area contributed by atoms with Gasteiger partial charge in [0.1, 0.15) is 17.1 Å². The summed E-state index contributed by atoms with van der Waals surface area (Å²) in [5.74, 6) is 1.47. The molecule has 0 bridgehead atoms. The molecule has 0 unspecified atom stereocenters. The molecule has 1 N–H and O–H groups in total. The van der Waals surface area contributed by atoms with Crippen LogP contribution in [0.1, 0.15) is 37.4 Å². The minimum absolute atomic E-state index is 0.244. The van der Waals surface area contributed by atoms with Gasteiger partial charge in [-0.3, -0.25) is 0 Å². The minimum atomic E-state index is -3.71. The Morgan fingerprint density at radius 2 is 1.76 bits per heavy atom. The maximum Gasteiger partial charge on any atom is 0.241 e. The van der Waals surface area contributed by atoms with Gasteiger partial charge in [0.25, 0.3) is 0 Å². The van der Waals surface area contributed by atoms with Crippen molar-refractivity contribution in [3.05, 3.63) is 65.7 Å². The number of hydrogen-bond donors (Lipinski definition) is 1. The number of ether oxygens (including phenoxy) is 2. The predicted octanol–water partition coefficient (Wildman–Crippen LogP) is 4.74. The van der Waals surface area contributed by atoms with Crippen LogP contribution in [0, 0.1) is 6.92 Å². The van der Waals surface area contributed by atoms with Crippen molar-refractivity contribution < 1.29 is 17.9 Å². The Morgan fingerprint density at radius 1 is 1.03 bits per heavy atom. The van der Waals surface area contributed by atoms with Crippen LogP contribution in [0.25, 0.3) is 10.8 Å². The summed E-state index contributed by atoms with van der Waals surface area (Å²) in [4.78, 5) is 0.244. The summed E-state index contributed by atoms with van der Waals surface area (Å²) in [6.07, 6.45) is 0.549. The molecule has 0 aromatic heterocycles. The smallest absolute Gasteiger partial charge is 0.241 e. The molecule has 3 aromatic rings. The van der Waals surface area contributed by atoms with Crippen LogP contribution in [0.15, 0.2) is 59.5 Å². The van der Waals surface area contributed by atoms with E-state index in [0.717, 1.165) is 33.4 Å². The maximum absolute atomic E-state index is 13.2. The molecule has 1 atom stereocenters. The molecule has 0 radical (unpaired) electrons. The van der Waals surface area contributed by atoms with Gasteiger partial charge in [0.05, 0.1) is 18.0 Å². The molecule has 0 aliphatic carbocycles. The molecule has 3 aromatic carbocycles. The predicted molar refractivity (Wildman–Crippen MR) is 114 cm³/mol. The first-order valence-corrected chi connectivity index (χ1v) is 11.0. The molecule has 0 fully saturated rings. The monoisotopic (exact) mass is 411 g/mol. The molecule has 1 heterocycles. The van der Waals surface area contributed by atoms with E-state index in [-0.39, 0.29) is 10.9 Å². The first-order chi connectivity index (χ1) is 13.7. The van der Waals surface area contributed by atoms with Gasteiger partial charge in [-0.15, -0.1) is 0 Å². The highest BCUT2D eigenvalue weighted by Gasteiger charge is 2.36. The number of benzene rings is 3. The molecular formula is C23H25NO4S. The number of aryl methyl sites for hydroxylation is 1. The average Bonchev–Trinajstić information content (AvgIpc) is 2.65. The van der Waals surface area contributed by atoms with Crippen molar-refractivity contribution in [2.24, 2.45) is 0 Å². The van der Waals surface area contributed by atoms with Crippen LogP contribution in [-0.4, -0.2) is 21.1 Å². The van der Waals surface area contributed by atoms with Crippen LogP contribution in [0.4, 0.5) is 0 Å². The Kier molecular flexibility index (Phi) is 4.79. The van der Waals surface area contributed by atoms with Gasteiger partial charge in [-0.05, 0) is 67.4 Å². The van der Waals surface area contributed by atoms with E-state index < -0.39 is 15.6 Å². The molecule has 152 valence electrons. The van der Waals surface area contributed by atoms with Crippen molar-refractivity contribution in [2.45, 2.75) is 43.7 Å². The lowest BCUT2D eigenvalue weighted by molar-refractivity contribution is 0.0701. The zero-order valence-corrected chi connectivity index (χ0v) is 17.8. The molecule has 6 heteroatoms. The Labute approximate surface area is 171 Å². The molecule has 4 rings (SSSR count). The van der Waals surface area contributed by atoms with Gasteiger partial charge in [0.2, 0.25) is 10.0 Å². The summed E-state index contributed by atoms with van der Waals surface area (Å²) in [6.45, 7) is 5.94. The molecular weight excluding hydrogens is 386 g/mol. The number of nitrogens with one attached hydrogen (secondary N) is 1. The van der Waals surface area contributed by atoms with Crippen LogP contribution >= 0.6 is 0 Å². The molecule has 29 heavy (non-hydrogen) atoms. The molecule has 5 nitrogen and oxygen atoms in total. The normalized spacial score (nSPS) is 18.1. The molecule has 0 amide bonds. The Morgan fingerprint density at radius 3 is 2.52 bits per heavy atom. The highest BCUT2D eigenvalue weighted by molar-refractivity contribution is 7.89. The van der Waals surface area contributed by atoms with Gasteiger partial charge in [0, 0.05) is 12.0 Å². The van der Waals surface area contributed by atoms with E-state index in [0.29, 0.717) is 6.42 Å². The molecule has 1 aliphatic rings. The Bertz CT molecular complexity index is 1180. The Balaban J connectivity index is 1.69. The topological polar surface area (TPSA) is 64.6 Å². The first-order valence-electron chi connectivity index (χ1n) is 9.57. The summed E-state index contributed by atoms with van der Waals surface area (Å²) >= 11 is 0. The second-order valence-corrected chi connectivity index (χ2v) is 9.87. The van der Waals surface area contributed by atoms with Crippen LogP contribution in [0.3, 0.4) is 0 Å². The Hall–Kier alpha value is -2.57. The van der Waals surface area contributed by atoms with Crippen LogP contribution < -0.4 is 14.2 Å². The largest absolute Gasteiger partial charge is 0.497 e. The quantitative estimate of drug-likeness (QED) is 0.674. The van der Waals surface area contributed by atoms with Crippen molar-refractivity contribution in [1.82, 2.24) is 4.72 Å². The number of sulfonamides is 1.